The molecule has 246 valence electrons. The Labute approximate surface area is 282 Å². The van der Waals surface area contributed by atoms with Crippen molar-refractivity contribution in [2.45, 2.75) is 76.7 Å². The molecule has 5 heterocycles. The molecule has 46 heavy (non-hydrogen) atoms. The lowest BCUT2D eigenvalue weighted by molar-refractivity contribution is -0.125. The van der Waals surface area contributed by atoms with E-state index in [1.807, 2.05) is 52.1 Å². The Bertz CT molecular complexity index is 1550. The van der Waals surface area contributed by atoms with Crippen LogP contribution in [0.4, 0.5) is 5.82 Å². The number of hydrogen-bond acceptors (Lipinski definition) is 7. The van der Waals surface area contributed by atoms with Gasteiger partial charge in [0.1, 0.15) is 5.82 Å². The number of benzene rings is 1. The molecule has 0 bridgehead atoms. The molecule has 3 aliphatic rings. The number of rotatable bonds is 6. The molecule has 0 saturated carbocycles. The topological polar surface area (TPSA) is 74.7 Å². The van der Waals surface area contributed by atoms with Crippen molar-refractivity contribution in [2.24, 2.45) is 5.92 Å². The van der Waals surface area contributed by atoms with Crippen molar-refractivity contribution < 1.29 is 9.53 Å². The van der Waals surface area contributed by atoms with E-state index in [4.69, 9.17) is 17.6 Å². The fourth-order valence-electron chi connectivity index (χ4n) is 7.33. The first kappa shape index (κ1) is 36.2. The van der Waals surface area contributed by atoms with E-state index in [1.165, 1.54) is 38.4 Å². The molecule has 5 atom stereocenters. The van der Waals surface area contributed by atoms with Crippen molar-refractivity contribution in [3.63, 3.8) is 0 Å². The molecule has 1 amide bonds. The molecule has 2 radical (unpaired) electrons. The quantitative estimate of drug-likeness (QED) is 0.178. The van der Waals surface area contributed by atoms with Gasteiger partial charge in [0.05, 0.1) is 31.6 Å². The molecule has 3 aliphatic heterocycles. The highest BCUT2D eigenvalue weighted by Gasteiger charge is 2.42. The van der Waals surface area contributed by atoms with Crippen LogP contribution in [0.1, 0.15) is 64.5 Å². The minimum absolute atomic E-state index is 0.0551. The molecule has 8 nitrogen and oxygen atoms in total. The second-order valence-electron chi connectivity index (χ2n) is 12.9. The van der Waals surface area contributed by atoms with Crippen LogP contribution < -0.4 is 9.64 Å². The number of fused-ring (bicyclic) bond motifs is 2. The number of aromatic nitrogens is 3. The summed E-state index contributed by atoms with van der Waals surface area (Å²) in [5, 5.41) is 0.811. The van der Waals surface area contributed by atoms with Gasteiger partial charge >= 0.3 is 6.01 Å². The zero-order chi connectivity index (χ0) is 33.8. The Balaban J connectivity index is 0.000000334. The summed E-state index contributed by atoms with van der Waals surface area (Å²) in [5.41, 5.74) is 5.10. The minimum Gasteiger partial charge on any atom is -0.467 e. The molecule has 3 aromatic rings. The molecule has 3 fully saturated rings. The average Bonchev–Trinajstić information content (AvgIpc) is 3.73. The number of carbonyl (C=O) groups is 1. The SMILES string of the molecule is CC.CC1CN2CCCC2(C)C1.[B]C(P)(P)c1c(C)cccc1-c1cc2nc(OC)nc(N(C)C3CCN(C(=O)C=C)C3)c2cn1. The Morgan fingerprint density at radius 1 is 1.24 bits per heavy atom. The third-order valence-corrected chi connectivity index (χ3v) is 10.0. The summed E-state index contributed by atoms with van der Waals surface area (Å²) in [7, 11) is 15.3. The Kier molecular flexibility index (Phi) is 11.9. The van der Waals surface area contributed by atoms with Gasteiger partial charge in [-0.1, -0.05) is 45.5 Å². The standard InChI is InChI=1S/C24H28BN5O2P2.C9H17N.C2H6/c1-5-20(31)30-10-9-15(13-30)29(3)22-17-12-26-18(11-19(17)27-23(28-22)32-4)16-8-6-7-14(2)21(16)24(25,33)34;1-8-6-9(2)4-3-5-10(9)7-8;1-2/h5-8,11-12,15H,1,9-10,13,33-34H2,2-4H3;8H,3-7H2,1-2H3;1-2H3. The number of likely N-dealkylation sites (tertiary alicyclic amines) is 1. The van der Waals surface area contributed by atoms with Crippen LogP contribution in [0.25, 0.3) is 22.2 Å². The molecule has 0 N–H and O–H groups in total. The monoisotopic (exact) mass is 660 g/mol. The zero-order valence-electron chi connectivity index (χ0n) is 28.7. The van der Waals surface area contributed by atoms with Crippen molar-refractivity contribution in [3.05, 3.63) is 54.2 Å². The fourth-order valence-corrected chi connectivity index (χ4v) is 8.09. The molecule has 3 saturated heterocycles. The summed E-state index contributed by atoms with van der Waals surface area (Å²) < 4.78 is 5.42. The molecule has 5 unspecified atom stereocenters. The Hall–Kier alpha value is -2.60. The number of carbonyl (C=O) groups excluding carboxylic acids is 1. The predicted molar refractivity (Wildman–Crippen MR) is 199 cm³/mol. The summed E-state index contributed by atoms with van der Waals surface area (Å²) >= 11 is 0. The molecule has 0 spiro atoms. The Morgan fingerprint density at radius 3 is 2.63 bits per heavy atom. The second-order valence-corrected chi connectivity index (χ2v) is 15.5. The van der Waals surface area contributed by atoms with E-state index in [-0.39, 0.29) is 18.0 Å². The number of amides is 1. The number of nitrogens with zero attached hydrogens (tertiary/aromatic N) is 6. The van der Waals surface area contributed by atoms with E-state index in [1.54, 1.807) is 18.2 Å². The maximum Gasteiger partial charge on any atom is 0.318 e. The van der Waals surface area contributed by atoms with E-state index in [0.717, 1.165) is 45.6 Å². The van der Waals surface area contributed by atoms with Crippen molar-refractivity contribution >= 4 is 49.0 Å². The van der Waals surface area contributed by atoms with Crippen LogP contribution in [0.5, 0.6) is 6.01 Å². The first-order valence-corrected chi connectivity index (χ1v) is 17.6. The number of anilines is 1. The summed E-state index contributed by atoms with van der Waals surface area (Å²) in [6.07, 6.45) is 8.31. The number of ether oxygens (including phenoxy) is 1. The number of pyridine rings is 1. The lowest BCUT2D eigenvalue weighted by Crippen LogP contribution is -2.36. The highest BCUT2D eigenvalue weighted by atomic mass is 31.1. The fraction of sp³-hybridized carbons (Fsp3) is 0.543. The molecule has 1 aromatic carbocycles. The van der Waals surface area contributed by atoms with Crippen molar-refractivity contribution in [1.29, 1.82) is 0 Å². The number of aryl methyl sites for hydroxylation is 1. The first-order valence-electron chi connectivity index (χ1n) is 16.4. The molecule has 11 heteroatoms. The summed E-state index contributed by atoms with van der Waals surface area (Å²) in [6.45, 7) is 18.5. The largest absolute Gasteiger partial charge is 0.467 e. The van der Waals surface area contributed by atoms with Crippen molar-refractivity contribution in [1.82, 2.24) is 24.8 Å². The average molecular weight is 661 g/mol. The predicted octanol–water partition coefficient (Wildman–Crippen LogP) is 6.17. The van der Waals surface area contributed by atoms with Crippen molar-refractivity contribution in [2.75, 3.05) is 45.2 Å². The van der Waals surface area contributed by atoms with Crippen LogP contribution in [0.3, 0.4) is 0 Å². The van der Waals surface area contributed by atoms with Gasteiger partial charge in [0, 0.05) is 50.0 Å². The molecular weight excluding hydrogens is 609 g/mol. The van der Waals surface area contributed by atoms with Crippen LogP contribution in [0.15, 0.2) is 43.1 Å². The van der Waals surface area contributed by atoms with Gasteiger partial charge in [-0.2, -0.15) is 9.97 Å². The van der Waals surface area contributed by atoms with Gasteiger partial charge in [0.15, 0.2) is 0 Å². The van der Waals surface area contributed by atoms with Crippen LogP contribution in [-0.2, 0) is 9.59 Å². The highest BCUT2D eigenvalue weighted by Crippen LogP contribution is 2.43. The number of methoxy groups -OCH3 is 1. The summed E-state index contributed by atoms with van der Waals surface area (Å²) in [6, 6.07) is 8.38. The zero-order valence-corrected chi connectivity index (χ0v) is 31.0. The van der Waals surface area contributed by atoms with Crippen LogP contribution in [-0.4, -0.2) is 90.4 Å². The lowest BCUT2D eigenvalue weighted by Gasteiger charge is -2.27. The third kappa shape index (κ3) is 7.75. The van der Waals surface area contributed by atoms with Crippen molar-refractivity contribution in [3.8, 4) is 17.3 Å². The van der Waals surface area contributed by atoms with Crippen LogP contribution >= 0.6 is 18.5 Å². The van der Waals surface area contributed by atoms with E-state index in [9.17, 15) is 4.79 Å². The second kappa shape index (κ2) is 15.1. The highest BCUT2D eigenvalue weighted by molar-refractivity contribution is 7.43. The van der Waals surface area contributed by atoms with Gasteiger partial charge < -0.3 is 14.5 Å². The van der Waals surface area contributed by atoms with E-state index in [2.05, 4.69) is 58.7 Å². The summed E-state index contributed by atoms with van der Waals surface area (Å²) in [5.74, 6) is 1.61. The van der Waals surface area contributed by atoms with E-state index in [0.29, 0.717) is 24.4 Å². The normalized spacial score (nSPS) is 22.4. The van der Waals surface area contributed by atoms with Gasteiger partial charge in [-0.15, -0.1) is 18.5 Å². The van der Waals surface area contributed by atoms with Crippen LogP contribution in [0.2, 0.25) is 0 Å². The number of likely N-dealkylation sites (N-methyl/N-ethyl adjacent to an activating group) is 1. The Morgan fingerprint density at radius 2 is 1.98 bits per heavy atom. The maximum absolute atomic E-state index is 12.0. The van der Waals surface area contributed by atoms with Gasteiger partial charge in [-0.05, 0) is 80.1 Å². The summed E-state index contributed by atoms with van der Waals surface area (Å²) in [4.78, 5) is 31.9. The molecule has 2 aromatic heterocycles. The van der Waals surface area contributed by atoms with Gasteiger partial charge in [0.2, 0.25) is 5.91 Å². The van der Waals surface area contributed by atoms with E-state index >= 15 is 0 Å². The first-order chi connectivity index (χ1) is 21.8. The molecule has 0 aliphatic carbocycles. The van der Waals surface area contributed by atoms with E-state index < -0.39 is 4.80 Å². The number of hydrogen-bond donors (Lipinski definition) is 0. The minimum atomic E-state index is -0.691. The third-order valence-electron chi connectivity index (χ3n) is 9.46. The van der Waals surface area contributed by atoms with Gasteiger partial charge in [-0.3, -0.25) is 14.7 Å². The van der Waals surface area contributed by atoms with Crippen LogP contribution in [0, 0.1) is 12.8 Å². The molecular formula is C35H51BN6O2P2. The smallest absolute Gasteiger partial charge is 0.318 e. The lowest BCUT2D eigenvalue weighted by atomic mass is 9.86. The molecule has 6 rings (SSSR count). The van der Waals surface area contributed by atoms with Gasteiger partial charge in [0.25, 0.3) is 0 Å². The maximum atomic E-state index is 12.0. The van der Waals surface area contributed by atoms with Gasteiger partial charge in [-0.25, -0.2) is 0 Å².